The quantitative estimate of drug-likeness (QED) is 0.191. The molecule has 6 heteroatoms. The maximum atomic E-state index is 5.22. The average molecular weight is 649 g/mol. The van der Waals surface area contributed by atoms with Crippen molar-refractivity contribution in [3.8, 4) is 45.4 Å². The SMILES string of the molecule is c1ccc(-c2nc(-c3ccc(-c4nc5ccccc5c5sc6ccccc6c45)cc3)nc(-c3cccc4c3sc3ccccc34)n2)cc1. The van der Waals surface area contributed by atoms with E-state index >= 15 is 0 Å². The summed E-state index contributed by atoms with van der Waals surface area (Å²) in [5, 5.41) is 6.10. The Hall–Kier alpha value is -5.82. The van der Waals surface area contributed by atoms with Crippen molar-refractivity contribution in [1.82, 2.24) is 19.9 Å². The second-order valence-corrected chi connectivity index (χ2v) is 13.9. The minimum absolute atomic E-state index is 0.640. The molecule has 0 spiro atoms. The van der Waals surface area contributed by atoms with Crippen molar-refractivity contribution < 1.29 is 0 Å². The van der Waals surface area contributed by atoms with Gasteiger partial charge in [0, 0.05) is 68.0 Å². The molecule has 224 valence electrons. The molecule has 0 amide bonds. The normalized spacial score (nSPS) is 11.8. The Morgan fingerprint density at radius 3 is 1.71 bits per heavy atom. The Balaban J connectivity index is 1.15. The van der Waals surface area contributed by atoms with E-state index < -0.39 is 0 Å². The number of pyridine rings is 1. The van der Waals surface area contributed by atoms with E-state index in [4.69, 9.17) is 19.9 Å². The Morgan fingerprint density at radius 1 is 0.354 bits per heavy atom. The second kappa shape index (κ2) is 10.9. The number of fused-ring (bicyclic) bond motifs is 8. The van der Waals surface area contributed by atoms with Gasteiger partial charge >= 0.3 is 0 Å². The predicted molar refractivity (Wildman–Crippen MR) is 203 cm³/mol. The Labute approximate surface area is 283 Å². The van der Waals surface area contributed by atoms with E-state index in [0.29, 0.717) is 17.5 Å². The summed E-state index contributed by atoms with van der Waals surface area (Å²) in [6.07, 6.45) is 0. The van der Waals surface area contributed by atoms with Crippen LogP contribution in [0.4, 0.5) is 0 Å². The molecule has 0 radical (unpaired) electrons. The van der Waals surface area contributed by atoms with E-state index in [1.165, 1.54) is 45.7 Å². The van der Waals surface area contributed by atoms with E-state index in [2.05, 4.69) is 115 Å². The summed E-state index contributed by atoms with van der Waals surface area (Å²) in [7, 11) is 0. The fraction of sp³-hybridized carbons (Fsp3) is 0. The number of aromatic nitrogens is 4. The summed E-state index contributed by atoms with van der Waals surface area (Å²) in [4.78, 5) is 20.4. The minimum Gasteiger partial charge on any atom is -0.247 e. The maximum Gasteiger partial charge on any atom is 0.165 e. The lowest BCUT2D eigenvalue weighted by Gasteiger charge is -2.10. The van der Waals surface area contributed by atoms with Gasteiger partial charge < -0.3 is 0 Å². The third-order valence-corrected chi connectivity index (χ3v) is 11.4. The third-order valence-electron chi connectivity index (χ3n) is 8.94. The number of rotatable bonds is 4. The van der Waals surface area contributed by atoms with Crippen LogP contribution in [0.3, 0.4) is 0 Å². The Morgan fingerprint density at radius 2 is 0.917 bits per heavy atom. The highest BCUT2D eigenvalue weighted by molar-refractivity contribution is 7.27. The molecule has 4 nitrogen and oxygen atoms in total. The summed E-state index contributed by atoms with van der Waals surface area (Å²) in [6, 6.07) is 50.7. The molecule has 0 fully saturated rings. The lowest BCUT2D eigenvalue weighted by Crippen LogP contribution is -2.00. The van der Waals surface area contributed by atoms with Crippen LogP contribution in [0.25, 0.3) is 96.7 Å². The first kappa shape index (κ1) is 27.3. The number of thiophene rings is 2. The van der Waals surface area contributed by atoms with Gasteiger partial charge in [0.15, 0.2) is 17.5 Å². The minimum atomic E-state index is 0.640. The topological polar surface area (TPSA) is 51.6 Å². The lowest BCUT2D eigenvalue weighted by atomic mass is 10.0. The van der Waals surface area contributed by atoms with Crippen LogP contribution in [-0.4, -0.2) is 19.9 Å². The molecule has 0 aliphatic heterocycles. The van der Waals surface area contributed by atoms with Gasteiger partial charge in [0.1, 0.15) is 0 Å². The molecule has 0 aliphatic carbocycles. The van der Waals surface area contributed by atoms with E-state index in [1.54, 1.807) is 11.3 Å². The van der Waals surface area contributed by atoms with Crippen molar-refractivity contribution in [2.75, 3.05) is 0 Å². The lowest BCUT2D eigenvalue weighted by molar-refractivity contribution is 1.08. The van der Waals surface area contributed by atoms with Gasteiger partial charge in [0.05, 0.1) is 11.2 Å². The van der Waals surface area contributed by atoms with E-state index in [1.807, 2.05) is 41.7 Å². The molecule has 0 bridgehead atoms. The van der Waals surface area contributed by atoms with Crippen molar-refractivity contribution >= 4 is 73.9 Å². The smallest absolute Gasteiger partial charge is 0.165 e. The molecule has 48 heavy (non-hydrogen) atoms. The highest BCUT2D eigenvalue weighted by atomic mass is 32.1. The zero-order valence-corrected chi connectivity index (χ0v) is 27.1. The van der Waals surface area contributed by atoms with Crippen LogP contribution in [0, 0.1) is 0 Å². The van der Waals surface area contributed by atoms with Gasteiger partial charge in [-0.2, -0.15) is 0 Å². The fourth-order valence-corrected chi connectivity index (χ4v) is 9.11. The van der Waals surface area contributed by atoms with Gasteiger partial charge in [-0.05, 0) is 24.3 Å². The van der Waals surface area contributed by atoms with Crippen LogP contribution >= 0.6 is 22.7 Å². The first-order valence-electron chi connectivity index (χ1n) is 15.8. The molecule has 10 aromatic rings. The van der Waals surface area contributed by atoms with E-state index in [9.17, 15) is 0 Å². The largest absolute Gasteiger partial charge is 0.247 e. The van der Waals surface area contributed by atoms with Crippen molar-refractivity contribution in [1.29, 1.82) is 0 Å². The van der Waals surface area contributed by atoms with Gasteiger partial charge in [0.2, 0.25) is 0 Å². The molecule has 0 N–H and O–H groups in total. The first-order chi connectivity index (χ1) is 23.8. The first-order valence-corrected chi connectivity index (χ1v) is 17.4. The van der Waals surface area contributed by atoms with Gasteiger partial charge in [-0.1, -0.05) is 121 Å². The number of nitrogens with zero attached hydrogens (tertiary/aromatic N) is 4. The molecule has 0 aliphatic rings. The van der Waals surface area contributed by atoms with Gasteiger partial charge in [0.25, 0.3) is 0 Å². The van der Waals surface area contributed by atoms with Crippen molar-refractivity contribution in [2.24, 2.45) is 0 Å². The van der Waals surface area contributed by atoms with E-state index in [0.717, 1.165) is 33.5 Å². The molecule has 0 unspecified atom stereocenters. The van der Waals surface area contributed by atoms with Gasteiger partial charge in [-0.25, -0.2) is 19.9 Å². The summed E-state index contributed by atoms with van der Waals surface area (Å²) in [5.74, 6) is 1.96. The standard InChI is InChI=1S/C42H24N4S2/c1-2-11-26(12-3-1)40-44-41(46-42(45-40)32-17-10-16-29-28-13-5-8-19-34(28)47-38(29)32)27-23-21-25(22-24-27)37-36-31-15-6-9-20-35(31)48-39(36)30-14-4-7-18-33(30)43-37/h1-24H. The highest BCUT2D eigenvalue weighted by Crippen LogP contribution is 2.43. The molecule has 10 rings (SSSR count). The summed E-state index contributed by atoms with van der Waals surface area (Å²) in [5.41, 5.74) is 5.94. The number of benzene rings is 6. The summed E-state index contributed by atoms with van der Waals surface area (Å²) < 4.78 is 4.97. The van der Waals surface area contributed by atoms with Crippen molar-refractivity contribution in [3.05, 3.63) is 146 Å². The molecule has 0 saturated carbocycles. The second-order valence-electron chi connectivity index (χ2n) is 11.8. The summed E-state index contributed by atoms with van der Waals surface area (Å²) in [6.45, 7) is 0. The third kappa shape index (κ3) is 4.34. The van der Waals surface area contributed by atoms with Gasteiger partial charge in [-0.15, -0.1) is 22.7 Å². The van der Waals surface area contributed by atoms with Crippen LogP contribution in [0.1, 0.15) is 0 Å². The van der Waals surface area contributed by atoms with Crippen LogP contribution in [0.2, 0.25) is 0 Å². The van der Waals surface area contributed by atoms with Crippen LogP contribution in [0.5, 0.6) is 0 Å². The molecule has 0 saturated heterocycles. The summed E-state index contributed by atoms with van der Waals surface area (Å²) >= 11 is 3.62. The fourth-order valence-electron chi connectivity index (χ4n) is 6.66. The number of hydrogen-bond acceptors (Lipinski definition) is 6. The number of para-hydroxylation sites is 1. The zero-order valence-electron chi connectivity index (χ0n) is 25.5. The maximum absolute atomic E-state index is 5.22. The predicted octanol–water partition coefficient (Wildman–Crippen LogP) is 11.8. The molecule has 4 heterocycles. The highest BCUT2D eigenvalue weighted by Gasteiger charge is 2.18. The molecule has 4 aromatic heterocycles. The van der Waals surface area contributed by atoms with Crippen LogP contribution < -0.4 is 0 Å². The monoisotopic (exact) mass is 648 g/mol. The molecule has 6 aromatic carbocycles. The van der Waals surface area contributed by atoms with Gasteiger partial charge in [-0.3, -0.25) is 0 Å². The molecular formula is C42H24N4S2. The van der Waals surface area contributed by atoms with Crippen molar-refractivity contribution in [3.63, 3.8) is 0 Å². The van der Waals surface area contributed by atoms with Crippen LogP contribution in [-0.2, 0) is 0 Å². The van der Waals surface area contributed by atoms with Crippen molar-refractivity contribution in [2.45, 2.75) is 0 Å². The zero-order chi connectivity index (χ0) is 31.6. The number of hydrogen-bond donors (Lipinski definition) is 0. The average Bonchev–Trinajstić information content (AvgIpc) is 3.74. The molecule has 0 atom stereocenters. The molecular weight excluding hydrogens is 625 g/mol. The van der Waals surface area contributed by atoms with E-state index in [-0.39, 0.29) is 0 Å². The van der Waals surface area contributed by atoms with Crippen LogP contribution in [0.15, 0.2) is 146 Å². The Kier molecular flexibility index (Phi) is 6.19. The Bertz CT molecular complexity index is 2840.